The van der Waals surface area contributed by atoms with Crippen LogP contribution in [0.1, 0.15) is 27.4 Å². The topological polar surface area (TPSA) is 88.0 Å². The Morgan fingerprint density at radius 1 is 1.07 bits per heavy atom. The third-order valence-corrected chi connectivity index (χ3v) is 4.55. The van der Waals surface area contributed by atoms with Gasteiger partial charge in [-0.05, 0) is 37.6 Å². The fourth-order valence-electron chi connectivity index (χ4n) is 3.16. The Hall–Kier alpha value is -4.00. The van der Waals surface area contributed by atoms with Crippen LogP contribution in [0.3, 0.4) is 0 Å². The Balaban J connectivity index is 1.54. The number of benzene rings is 2. The van der Waals surface area contributed by atoms with E-state index in [1.165, 1.54) is 0 Å². The highest BCUT2D eigenvalue weighted by Crippen LogP contribution is 2.27. The predicted molar refractivity (Wildman–Crippen MR) is 112 cm³/mol. The molecule has 0 atom stereocenters. The molecule has 2 N–H and O–H groups in total. The van der Waals surface area contributed by atoms with Gasteiger partial charge in [-0.1, -0.05) is 48.5 Å². The van der Waals surface area contributed by atoms with Crippen molar-refractivity contribution in [2.45, 2.75) is 13.8 Å². The van der Waals surface area contributed by atoms with Gasteiger partial charge in [-0.2, -0.15) is 15.3 Å². The third-order valence-electron chi connectivity index (χ3n) is 4.55. The van der Waals surface area contributed by atoms with Gasteiger partial charge in [-0.15, -0.1) is 0 Å². The van der Waals surface area contributed by atoms with Gasteiger partial charge >= 0.3 is 0 Å². The molecular formula is C22H20N6O. The molecule has 2 aromatic carbocycles. The Morgan fingerprint density at radius 2 is 1.76 bits per heavy atom. The number of nitrogens with zero attached hydrogens (tertiary/aromatic N) is 4. The highest BCUT2D eigenvalue weighted by molar-refractivity contribution is 5.94. The van der Waals surface area contributed by atoms with E-state index in [1.807, 2.05) is 79.2 Å². The largest absolute Gasteiger partial charge is 0.289 e. The Bertz CT molecular complexity index is 1160. The molecule has 2 aromatic heterocycles. The summed E-state index contributed by atoms with van der Waals surface area (Å²) in [5.41, 5.74) is 8.08. The highest BCUT2D eigenvalue weighted by Gasteiger charge is 2.18. The fraction of sp³-hybridized carbons (Fsp3) is 0.0909. The van der Waals surface area contributed by atoms with Gasteiger partial charge in [0.2, 0.25) is 0 Å². The second-order valence-corrected chi connectivity index (χ2v) is 6.57. The average molecular weight is 384 g/mol. The molecule has 0 unspecified atom stereocenters. The van der Waals surface area contributed by atoms with E-state index >= 15 is 0 Å². The lowest BCUT2D eigenvalue weighted by molar-refractivity contribution is 0.0950. The zero-order valence-electron chi connectivity index (χ0n) is 16.1. The first kappa shape index (κ1) is 18.4. The lowest BCUT2D eigenvalue weighted by Crippen LogP contribution is -2.17. The van der Waals surface area contributed by atoms with Gasteiger partial charge in [0.05, 0.1) is 29.0 Å². The molecule has 0 saturated carbocycles. The van der Waals surface area contributed by atoms with E-state index in [2.05, 4.69) is 25.8 Å². The molecule has 4 aromatic rings. The molecule has 144 valence electrons. The summed E-state index contributed by atoms with van der Waals surface area (Å²) in [6, 6.07) is 21.2. The van der Waals surface area contributed by atoms with Crippen LogP contribution in [0.15, 0.2) is 71.8 Å². The van der Waals surface area contributed by atoms with Crippen LogP contribution in [0.25, 0.3) is 16.9 Å². The molecule has 29 heavy (non-hydrogen) atoms. The first-order valence-electron chi connectivity index (χ1n) is 9.19. The van der Waals surface area contributed by atoms with Crippen LogP contribution in [-0.2, 0) is 0 Å². The first-order chi connectivity index (χ1) is 14.1. The quantitative estimate of drug-likeness (QED) is 0.407. The number of carbonyl (C=O) groups is 1. The van der Waals surface area contributed by atoms with Gasteiger partial charge in [0.1, 0.15) is 5.69 Å². The smallest absolute Gasteiger partial charge is 0.272 e. The van der Waals surface area contributed by atoms with Gasteiger partial charge < -0.3 is 0 Å². The van der Waals surface area contributed by atoms with Crippen molar-refractivity contribution in [1.29, 1.82) is 0 Å². The van der Waals surface area contributed by atoms with Crippen molar-refractivity contribution in [3.63, 3.8) is 0 Å². The minimum atomic E-state index is -0.360. The minimum absolute atomic E-state index is 0.330. The molecule has 0 radical (unpaired) electrons. The van der Waals surface area contributed by atoms with E-state index in [0.29, 0.717) is 11.4 Å². The molecule has 7 heteroatoms. The number of amides is 1. The number of hydrazone groups is 1. The third kappa shape index (κ3) is 3.84. The number of para-hydroxylation sites is 1. The lowest BCUT2D eigenvalue weighted by atomic mass is 10.1. The summed E-state index contributed by atoms with van der Waals surface area (Å²) >= 11 is 0. The molecule has 4 rings (SSSR count). The summed E-state index contributed by atoms with van der Waals surface area (Å²) in [6.45, 7) is 3.92. The van der Waals surface area contributed by atoms with Crippen molar-refractivity contribution >= 4 is 12.1 Å². The molecule has 0 saturated heterocycles. The number of H-pyrrole nitrogens is 1. The number of rotatable bonds is 5. The van der Waals surface area contributed by atoms with Crippen molar-refractivity contribution in [3.8, 4) is 16.9 Å². The lowest BCUT2D eigenvalue weighted by Gasteiger charge is -2.04. The monoisotopic (exact) mass is 384 g/mol. The summed E-state index contributed by atoms with van der Waals surface area (Å²) in [4.78, 5) is 12.4. The van der Waals surface area contributed by atoms with E-state index in [4.69, 9.17) is 0 Å². The molecule has 0 aliphatic heterocycles. The van der Waals surface area contributed by atoms with Crippen LogP contribution in [0.4, 0.5) is 0 Å². The summed E-state index contributed by atoms with van der Waals surface area (Å²) in [5.74, 6) is -0.360. The summed E-state index contributed by atoms with van der Waals surface area (Å²) in [6.07, 6.45) is 1.59. The molecule has 0 fully saturated rings. The molecule has 2 heterocycles. The molecule has 7 nitrogen and oxygen atoms in total. The van der Waals surface area contributed by atoms with Crippen molar-refractivity contribution in [3.05, 3.63) is 89.4 Å². The van der Waals surface area contributed by atoms with Crippen LogP contribution in [0, 0.1) is 13.8 Å². The normalized spacial score (nSPS) is 11.1. The van der Waals surface area contributed by atoms with E-state index in [1.54, 1.807) is 12.3 Å². The van der Waals surface area contributed by atoms with Gasteiger partial charge in [-0.3, -0.25) is 9.89 Å². The Kier molecular flexibility index (Phi) is 5.03. The fourth-order valence-corrected chi connectivity index (χ4v) is 3.16. The summed E-state index contributed by atoms with van der Waals surface area (Å²) in [7, 11) is 0. The van der Waals surface area contributed by atoms with Crippen molar-refractivity contribution < 1.29 is 4.79 Å². The van der Waals surface area contributed by atoms with E-state index in [9.17, 15) is 4.79 Å². The number of hydrogen-bond acceptors (Lipinski definition) is 4. The second-order valence-electron chi connectivity index (χ2n) is 6.57. The van der Waals surface area contributed by atoms with Gasteiger partial charge in [0.15, 0.2) is 0 Å². The van der Waals surface area contributed by atoms with E-state index < -0.39 is 0 Å². The molecule has 0 bridgehead atoms. The van der Waals surface area contributed by atoms with Gasteiger partial charge in [0, 0.05) is 5.56 Å². The maximum atomic E-state index is 12.4. The number of hydrogen-bond donors (Lipinski definition) is 2. The molecular weight excluding hydrogens is 364 g/mol. The summed E-state index contributed by atoms with van der Waals surface area (Å²) in [5, 5.41) is 15.7. The number of aromatic amines is 1. The maximum Gasteiger partial charge on any atom is 0.289 e. The number of aromatic nitrogens is 4. The zero-order valence-corrected chi connectivity index (χ0v) is 16.1. The van der Waals surface area contributed by atoms with Crippen molar-refractivity contribution in [2.24, 2.45) is 5.10 Å². The first-order valence-corrected chi connectivity index (χ1v) is 9.19. The SMILES string of the molecule is Cc1nn(-c2ccccc2)c(C)c1-c1cc(C(=O)NN=Cc2ccccc2)[nH]n1. The van der Waals surface area contributed by atoms with Crippen molar-refractivity contribution in [1.82, 2.24) is 25.4 Å². The van der Waals surface area contributed by atoms with Crippen LogP contribution in [0.5, 0.6) is 0 Å². The highest BCUT2D eigenvalue weighted by atomic mass is 16.2. The van der Waals surface area contributed by atoms with Crippen LogP contribution >= 0.6 is 0 Å². The standard InChI is InChI=1S/C22H20N6O/c1-15-21(16(2)28(27-15)18-11-7-4-8-12-18)19-13-20(25-24-19)22(29)26-23-14-17-9-5-3-6-10-17/h3-14H,1-2H3,(H,24,25)(H,26,29). The van der Waals surface area contributed by atoms with Crippen molar-refractivity contribution in [2.75, 3.05) is 0 Å². The molecule has 0 aliphatic carbocycles. The van der Waals surface area contributed by atoms with Crippen LogP contribution < -0.4 is 5.43 Å². The second kappa shape index (κ2) is 7.93. The number of carbonyl (C=O) groups excluding carboxylic acids is 1. The Labute approximate surface area is 168 Å². The molecule has 0 spiro atoms. The van der Waals surface area contributed by atoms with Gasteiger partial charge in [-0.25, -0.2) is 10.1 Å². The predicted octanol–water partition coefficient (Wildman–Crippen LogP) is 3.64. The molecule has 0 aliphatic rings. The molecule has 1 amide bonds. The minimum Gasteiger partial charge on any atom is -0.272 e. The van der Waals surface area contributed by atoms with Crippen LogP contribution in [0.2, 0.25) is 0 Å². The maximum absolute atomic E-state index is 12.4. The van der Waals surface area contributed by atoms with Crippen LogP contribution in [-0.4, -0.2) is 32.1 Å². The Morgan fingerprint density at radius 3 is 2.48 bits per heavy atom. The van der Waals surface area contributed by atoms with Gasteiger partial charge in [0.25, 0.3) is 5.91 Å². The number of aryl methyl sites for hydroxylation is 1. The number of nitrogens with one attached hydrogen (secondary N) is 2. The average Bonchev–Trinajstić information content (AvgIpc) is 3.33. The summed E-state index contributed by atoms with van der Waals surface area (Å²) < 4.78 is 1.88. The van der Waals surface area contributed by atoms with E-state index in [-0.39, 0.29) is 5.91 Å². The van der Waals surface area contributed by atoms with E-state index in [0.717, 1.165) is 28.2 Å². The zero-order chi connectivity index (χ0) is 20.2.